The summed E-state index contributed by atoms with van der Waals surface area (Å²) >= 11 is 12.9. The van der Waals surface area contributed by atoms with E-state index in [0.717, 1.165) is 44.1 Å². The Labute approximate surface area is 222 Å². The lowest BCUT2D eigenvalue weighted by Crippen LogP contribution is -2.47. The zero-order valence-corrected chi connectivity index (χ0v) is 22.4. The average molecular weight is 528 g/mol. The maximum absolute atomic E-state index is 13.7. The summed E-state index contributed by atoms with van der Waals surface area (Å²) in [7, 11) is 0. The average Bonchev–Trinajstić information content (AvgIpc) is 2.93. The van der Waals surface area contributed by atoms with Gasteiger partial charge in [-0.15, -0.1) is 0 Å². The molecule has 2 aliphatic heterocycles. The summed E-state index contributed by atoms with van der Waals surface area (Å²) in [6, 6.07) is 10.7. The molecule has 2 fully saturated rings. The quantitative estimate of drug-likeness (QED) is 0.490. The molecule has 2 aromatic carbocycles. The third kappa shape index (κ3) is 4.97. The van der Waals surface area contributed by atoms with Crippen molar-refractivity contribution in [1.29, 1.82) is 0 Å². The number of Topliss-reactive ketones (excluding diaryl/α,β-unsaturated/α-hetero) is 1. The molecule has 2 heterocycles. The van der Waals surface area contributed by atoms with Crippen LogP contribution in [0, 0.1) is 11.3 Å². The lowest BCUT2D eigenvalue weighted by atomic mass is 9.68. The van der Waals surface area contributed by atoms with E-state index in [4.69, 9.17) is 32.9 Å². The first kappa shape index (κ1) is 25.4. The van der Waals surface area contributed by atoms with Crippen molar-refractivity contribution in [3.05, 3.63) is 57.6 Å². The largest absolute Gasteiger partial charge is 0.379 e. The Balaban J connectivity index is 1.67. The molecule has 1 aliphatic carbocycles. The van der Waals surface area contributed by atoms with Crippen LogP contribution in [0.25, 0.3) is 0 Å². The van der Waals surface area contributed by atoms with Crippen LogP contribution in [0.2, 0.25) is 10.0 Å². The number of hydrogen-bond donors (Lipinski definition) is 0. The molecular formula is C28H31Cl2N3O3. The molecule has 2 unspecified atom stereocenters. The van der Waals surface area contributed by atoms with E-state index in [-0.39, 0.29) is 17.1 Å². The fraction of sp³-hybridized carbons (Fsp3) is 0.464. The van der Waals surface area contributed by atoms with Crippen molar-refractivity contribution in [2.24, 2.45) is 16.3 Å². The molecule has 6 nitrogen and oxygen atoms in total. The molecule has 5 rings (SSSR count). The summed E-state index contributed by atoms with van der Waals surface area (Å²) in [6.45, 7) is 9.72. The molecular weight excluding hydrogens is 497 g/mol. The third-order valence-electron chi connectivity index (χ3n) is 7.31. The molecule has 1 amide bonds. The number of benzene rings is 2. The van der Waals surface area contributed by atoms with E-state index < -0.39 is 12.0 Å². The predicted molar refractivity (Wildman–Crippen MR) is 144 cm³/mol. The Bertz CT molecular complexity index is 1240. The predicted octanol–water partition coefficient (Wildman–Crippen LogP) is 6.01. The van der Waals surface area contributed by atoms with Gasteiger partial charge in [-0.3, -0.25) is 19.5 Å². The van der Waals surface area contributed by atoms with Gasteiger partial charge >= 0.3 is 0 Å². The second kappa shape index (κ2) is 9.90. The van der Waals surface area contributed by atoms with Gasteiger partial charge in [0, 0.05) is 48.7 Å². The number of ether oxygens (including phenoxy) is 1. The topological polar surface area (TPSA) is 62.2 Å². The standard InChI is InChI=1S/C28H31Cl2N3O3/c1-17(34)33-24-7-4-18(16-32-8-10-36-11-9-32)12-22(24)31-23-14-28(2,3)15-25(35)26(23)27(33)20-6-5-19(29)13-21(20)30/h4-7,12-13,26-27H,8-11,14-16H2,1-3H3. The van der Waals surface area contributed by atoms with Crippen LogP contribution in [0.3, 0.4) is 0 Å². The minimum atomic E-state index is -0.596. The molecule has 0 radical (unpaired) electrons. The molecule has 0 spiro atoms. The number of fused-ring (bicyclic) bond motifs is 2. The monoisotopic (exact) mass is 527 g/mol. The van der Waals surface area contributed by atoms with Crippen molar-refractivity contribution in [2.45, 2.75) is 46.2 Å². The fourth-order valence-electron chi connectivity index (χ4n) is 5.75. The van der Waals surface area contributed by atoms with Gasteiger partial charge in [0.05, 0.1) is 36.5 Å². The Hall–Kier alpha value is -2.25. The third-order valence-corrected chi connectivity index (χ3v) is 7.87. The Morgan fingerprint density at radius 1 is 1.11 bits per heavy atom. The van der Waals surface area contributed by atoms with Crippen molar-refractivity contribution in [3.63, 3.8) is 0 Å². The summed E-state index contributed by atoms with van der Waals surface area (Å²) in [4.78, 5) is 36.1. The molecule has 1 saturated heterocycles. The molecule has 0 bridgehead atoms. The van der Waals surface area contributed by atoms with Crippen LogP contribution in [0.1, 0.15) is 50.8 Å². The normalized spacial score (nSPS) is 24.0. The number of aliphatic imine (C=N–C) groups is 1. The summed E-state index contributed by atoms with van der Waals surface area (Å²) in [5.41, 5.74) is 3.82. The van der Waals surface area contributed by atoms with Crippen molar-refractivity contribution >= 4 is 52.0 Å². The lowest BCUT2D eigenvalue weighted by molar-refractivity contribution is -0.124. The van der Waals surface area contributed by atoms with Crippen LogP contribution < -0.4 is 4.90 Å². The highest BCUT2D eigenvalue weighted by Gasteiger charge is 2.47. The minimum absolute atomic E-state index is 0.0774. The van der Waals surface area contributed by atoms with Gasteiger partial charge in [0.2, 0.25) is 5.91 Å². The van der Waals surface area contributed by atoms with Crippen LogP contribution >= 0.6 is 23.2 Å². The maximum atomic E-state index is 13.7. The zero-order chi connectivity index (χ0) is 25.6. The van der Waals surface area contributed by atoms with Gasteiger partial charge in [-0.1, -0.05) is 49.2 Å². The molecule has 8 heteroatoms. The van der Waals surface area contributed by atoms with E-state index in [1.165, 1.54) is 6.92 Å². The Morgan fingerprint density at radius 3 is 2.56 bits per heavy atom. The molecule has 2 atom stereocenters. The van der Waals surface area contributed by atoms with Crippen molar-refractivity contribution in [1.82, 2.24) is 4.90 Å². The summed E-state index contributed by atoms with van der Waals surface area (Å²) < 4.78 is 5.49. The molecule has 36 heavy (non-hydrogen) atoms. The number of anilines is 1. The zero-order valence-electron chi connectivity index (χ0n) is 20.9. The lowest BCUT2D eigenvalue weighted by Gasteiger charge is -2.41. The van der Waals surface area contributed by atoms with Crippen molar-refractivity contribution in [3.8, 4) is 0 Å². The highest BCUT2D eigenvalue weighted by molar-refractivity contribution is 6.35. The highest BCUT2D eigenvalue weighted by atomic mass is 35.5. The Morgan fingerprint density at radius 2 is 1.86 bits per heavy atom. The van der Waals surface area contributed by atoms with Crippen LogP contribution in [0.15, 0.2) is 41.4 Å². The van der Waals surface area contributed by atoms with Crippen molar-refractivity contribution < 1.29 is 14.3 Å². The van der Waals surface area contributed by atoms with E-state index in [0.29, 0.717) is 39.8 Å². The summed E-state index contributed by atoms with van der Waals surface area (Å²) in [5, 5.41) is 0.938. The molecule has 3 aliphatic rings. The first-order valence-corrected chi connectivity index (χ1v) is 13.2. The number of amides is 1. The smallest absolute Gasteiger partial charge is 0.224 e. The molecule has 1 saturated carbocycles. The second-order valence-electron chi connectivity index (χ2n) is 10.8. The van der Waals surface area contributed by atoms with Gasteiger partial charge in [-0.2, -0.15) is 0 Å². The number of rotatable bonds is 3. The number of halogens is 2. The van der Waals surface area contributed by atoms with Gasteiger partial charge in [-0.05, 0) is 47.2 Å². The summed E-state index contributed by atoms with van der Waals surface area (Å²) in [5.74, 6) is -0.661. The van der Waals surface area contributed by atoms with E-state index in [9.17, 15) is 9.59 Å². The maximum Gasteiger partial charge on any atom is 0.224 e. The molecule has 2 aromatic rings. The van der Waals surface area contributed by atoms with Gasteiger partial charge in [0.15, 0.2) is 0 Å². The van der Waals surface area contributed by atoms with Crippen molar-refractivity contribution in [2.75, 3.05) is 31.2 Å². The number of carbonyl (C=O) groups is 2. The molecule has 190 valence electrons. The first-order chi connectivity index (χ1) is 17.1. The van der Waals surface area contributed by atoms with Crippen LogP contribution in [0.4, 0.5) is 11.4 Å². The van der Waals surface area contributed by atoms with Gasteiger partial charge in [0.25, 0.3) is 0 Å². The van der Waals surface area contributed by atoms with Crippen LogP contribution in [-0.4, -0.2) is 48.6 Å². The number of ketones is 1. The highest BCUT2D eigenvalue weighted by Crippen LogP contribution is 2.49. The van der Waals surface area contributed by atoms with E-state index >= 15 is 0 Å². The van der Waals surface area contributed by atoms with E-state index in [2.05, 4.69) is 24.8 Å². The van der Waals surface area contributed by atoms with E-state index in [1.54, 1.807) is 17.0 Å². The Kier molecular flexibility index (Phi) is 6.98. The second-order valence-corrected chi connectivity index (χ2v) is 11.6. The van der Waals surface area contributed by atoms with Crippen LogP contribution in [0.5, 0.6) is 0 Å². The van der Waals surface area contributed by atoms with E-state index in [1.807, 2.05) is 18.2 Å². The molecule has 0 N–H and O–H groups in total. The fourth-order valence-corrected chi connectivity index (χ4v) is 6.28. The minimum Gasteiger partial charge on any atom is -0.379 e. The SMILES string of the molecule is CC(=O)N1c2ccc(CN3CCOCC3)cc2N=C2CC(C)(C)CC(=O)C2C1c1ccc(Cl)cc1Cl. The first-order valence-electron chi connectivity index (χ1n) is 12.4. The molecule has 0 aromatic heterocycles. The van der Waals surface area contributed by atoms with Crippen LogP contribution in [-0.2, 0) is 20.9 Å². The summed E-state index contributed by atoms with van der Waals surface area (Å²) in [6.07, 6.45) is 1.09. The number of nitrogens with zero attached hydrogens (tertiary/aromatic N) is 3. The number of hydrogen-bond acceptors (Lipinski definition) is 5. The van der Waals surface area contributed by atoms with Gasteiger partial charge in [-0.25, -0.2) is 0 Å². The number of morpholine rings is 1. The van der Waals surface area contributed by atoms with Gasteiger partial charge in [0.1, 0.15) is 5.78 Å². The number of carbonyl (C=O) groups excluding carboxylic acids is 2. The van der Waals surface area contributed by atoms with Gasteiger partial charge < -0.3 is 9.64 Å².